The van der Waals surface area contributed by atoms with Gasteiger partial charge in [0, 0.05) is 4.88 Å². The van der Waals surface area contributed by atoms with Crippen molar-refractivity contribution in [3.8, 4) is 10.4 Å². The summed E-state index contributed by atoms with van der Waals surface area (Å²) in [5.41, 5.74) is 1.67. The van der Waals surface area contributed by atoms with Crippen LogP contribution in [-0.4, -0.2) is 8.75 Å². The fraction of sp³-hybridized carbons (Fsp3) is 0. The van der Waals surface area contributed by atoms with E-state index in [1.54, 1.807) is 0 Å². The fourth-order valence-corrected chi connectivity index (χ4v) is 3.01. The average Bonchev–Trinajstić information content (AvgIpc) is 2.89. The summed E-state index contributed by atoms with van der Waals surface area (Å²) in [5.74, 6) is -0.427. The first-order chi connectivity index (χ1) is 7.77. The van der Waals surface area contributed by atoms with Crippen LogP contribution in [0.4, 0.5) is 4.39 Å². The minimum atomic E-state index is -0.427. The molecule has 0 saturated heterocycles. The van der Waals surface area contributed by atoms with E-state index in [0.717, 1.165) is 16.6 Å². The van der Waals surface area contributed by atoms with Crippen molar-refractivity contribution in [2.24, 2.45) is 0 Å². The smallest absolute Gasteiger partial charge is 0.152 e. The zero-order valence-corrected chi connectivity index (χ0v) is 10.2. The van der Waals surface area contributed by atoms with Crippen LogP contribution in [0.2, 0.25) is 5.02 Å². The van der Waals surface area contributed by atoms with Crippen LogP contribution in [0.15, 0.2) is 23.6 Å². The Labute approximate surface area is 104 Å². The van der Waals surface area contributed by atoms with Crippen LogP contribution in [0, 0.1) is 5.82 Å². The summed E-state index contributed by atoms with van der Waals surface area (Å²) >= 11 is 8.35. The van der Waals surface area contributed by atoms with Gasteiger partial charge in [-0.15, -0.1) is 11.3 Å². The molecule has 0 atom stereocenters. The van der Waals surface area contributed by atoms with E-state index in [0.29, 0.717) is 16.6 Å². The Morgan fingerprint density at radius 1 is 1.31 bits per heavy atom. The van der Waals surface area contributed by atoms with Crippen LogP contribution >= 0.6 is 34.7 Å². The van der Waals surface area contributed by atoms with Crippen molar-refractivity contribution in [1.29, 1.82) is 0 Å². The monoisotopic (exact) mass is 270 g/mol. The lowest BCUT2D eigenvalue weighted by Crippen LogP contribution is -1.86. The maximum absolute atomic E-state index is 14.0. The molecule has 0 unspecified atom stereocenters. The van der Waals surface area contributed by atoms with Gasteiger partial charge in [-0.2, -0.15) is 8.75 Å². The number of hydrogen-bond acceptors (Lipinski definition) is 4. The quantitative estimate of drug-likeness (QED) is 0.662. The minimum absolute atomic E-state index is 0.0867. The summed E-state index contributed by atoms with van der Waals surface area (Å²) < 4.78 is 22.2. The van der Waals surface area contributed by atoms with E-state index in [9.17, 15) is 4.39 Å². The van der Waals surface area contributed by atoms with Crippen LogP contribution in [0.3, 0.4) is 0 Å². The summed E-state index contributed by atoms with van der Waals surface area (Å²) in [6.07, 6.45) is 0. The van der Waals surface area contributed by atoms with Gasteiger partial charge >= 0.3 is 0 Å². The van der Waals surface area contributed by atoms with Gasteiger partial charge in [-0.3, -0.25) is 0 Å². The van der Waals surface area contributed by atoms with E-state index in [-0.39, 0.29) is 5.02 Å². The van der Waals surface area contributed by atoms with Crippen molar-refractivity contribution >= 4 is 45.7 Å². The Hall–Kier alpha value is -1.04. The molecule has 0 saturated carbocycles. The summed E-state index contributed by atoms with van der Waals surface area (Å²) in [6.45, 7) is 0. The molecule has 0 amide bonds. The van der Waals surface area contributed by atoms with Gasteiger partial charge in [-0.05, 0) is 17.5 Å². The molecule has 0 fully saturated rings. The second kappa shape index (κ2) is 3.76. The molecule has 2 heterocycles. The maximum atomic E-state index is 14.0. The third-order valence-corrected chi connectivity index (χ3v) is 3.92. The normalized spacial score (nSPS) is 11.1. The lowest BCUT2D eigenvalue weighted by atomic mass is 10.1. The van der Waals surface area contributed by atoms with Gasteiger partial charge in [-0.25, -0.2) is 4.39 Å². The molecule has 0 aliphatic heterocycles. The minimum Gasteiger partial charge on any atom is -0.205 e. The number of aromatic nitrogens is 2. The highest BCUT2D eigenvalue weighted by Crippen LogP contribution is 2.36. The molecule has 0 N–H and O–H groups in total. The Morgan fingerprint density at radius 2 is 2.19 bits per heavy atom. The lowest BCUT2D eigenvalue weighted by Gasteiger charge is -2.02. The van der Waals surface area contributed by atoms with E-state index in [1.807, 2.05) is 17.5 Å². The van der Waals surface area contributed by atoms with E-state index in [4.69, 9.17) is 11.6 Å². The Balaban J connectivity index is 2.45. The number of fused-ring (bicyclic) bond motifs is 1. The first kappa shape index (κ1) is 10.1. The highest BCUT2D eigenvalue weighted by Gasteiger charge is 2.17. The predicted octanol–water partition coefficient (Wildman–Crippen LogP) is 4.21. The first-order valence-corrected chi connectivity index (χ1v) is 6.40. The second-order valence-corrected chi connectivity index (χ2v) is 5.04. The molecular weight excluding hydrogens is 267 g/mol. The van der Waals surface area contributed by atoms with Crippen molar-refractivity contribution in [2.75, 3.05) is 0 Å². The number of nitrogens with zero attached hydrogens (tertiary/aromatic N) is 2. The number of benzene rings is 1. The molecule has 80 valence electrons. The van der Waals surface area contributed by atoms with Crippen LogP contribution < -0.4 is 0 Å². The second-order valence-electron chi connectivity index (χ2n) is 3.16. The molecule has 1 aromatic carbocycles. The highest BCUT2D eigenvalue weighted by atomic mass is 35.5. The summed E-state index contributed by atoms with van der Waals surface area (Å²) in [5, 5.41) is 1.98. The molecule has 2 aromatic heterocycles. The van der Waals surface area contributed by atoms with E-state index >= 15 is 0 Å². The lowest BCUT2D eigenvalue weighted by molar-refractivity contribution is 0.633. The highest BCUT2D eigenvalue weighted by molar-refractivity contribution is 7.13. The van der Waals surface area contributed by atoms with Crippen LogP contribution in [0.1, 0.15) is 0 Å². The number of thiophene rings is 1. The zero-order valence-electron chi connectivity index (χ0n) is 7.78. The molecular formula is C10H4ClFN2S2. The number of rotatable bonds is 1. The van der Waals surface area contributed by atoms with Crippen molar-refractivity contribution in [2.45, 2.75) is 0 Å². The van der Waals surface area contributed by atoms with Gasteiger partial charge < -0.3 is 0 Å². The third kappa shape index (κ3) is 1.43. The Morgan fingerprint density at radius 3 is 2.94 bits per heavy atom. The fourth-order valence-electron chi connectivity index (χ4n) is 1.52. The van der Waals surface area contributed by atoms with Crippen molar-refractivity contribution in [3.63, 3.8) is 0 Å². The van der Waals surface area contributed by atoms with Crippen LogP contribution in [-0.2, 0) is 0 Å². The Kier molecular flexibility index (Phi) is 2.38. The van der Waals surface area contributed by atoms with Gasteiger partial charge in [0.15, 0.2) is 5.82 Å². The Bertz CT molecular complexity index is 648. The number of hydrogen-bond donors (Lipinski definition) is 0. The largest absolute Gasteiger partial charge is 0.205 e. The molecule has 16 heavy (non-hydrogen) atoms. The van der Waals surface area contributed by atoms with Crippen molar-refractivity contribution < 1.29 is 4.39 Å². The van der Waals surface area contributed by atoms with Crippen LogP contribution in [0.5, 0.6) is 0 Å². The average molecular weight is 271 g/mol. The molecule has 3 aromatic rings. The van der Waals surface area contributed by atoms with Gasteiger partial charge in [0.2, 0.25) is 0 Å². The molecule has 0 aliphatic carbocycles. The SMILES string of the molecule is Fc1c(Cl)cc2nsnc2c1-c1cccs1. The first-order valence-electron chi connectivity index (χ1n) is 4.41. The maximum Gasteiger partial charge on any atom is 0.152 e. The third-order valence-electron chi connectivity index (χ3n) is 2.21. The molecule has 0 bridgehead atoms. The molecule has 0 aliphatic rings. The molecule has 0 spiro atoms. The van der Waals surface area contributed by atoms with E-state index < -0.39 is 5.82 Å². The summed E-state index contributed by atoms with van der Waals surface area (Å²) in [6, 6.07) is 5.22. The zero-order chi connectivity index (χ0) is 11.1. The predicted molar refractivity (Wildman–Crippen MR) is 65.7 cm³/mol. The van der Waals surface area contributed by atoms with E-state index in [2.05, 4.69) is 8.75 Å². The van der Waals surface area contributed by atoms with Crippen molar-refractivity contribution in [1.82, 2.24) is 8.75 Å². The molecule has 2 nitrogen and oxygen atoms in total. The molecule has 3 rings (SSSR count). The molecule has 0 radical (unpaired) electrons. The van der Waals surface area contributed by atoms with E-state index in [1.165, 1.54) is 17.4 Å². The topological polar surface area (TPSA) is 25.8 Å². The van der Waals surface area contributed by atoms with Gasteiger partial charge in [0.1, 0.15) is 11.0 Å². The van der Waals surface area contributed by atoms with Gasteiger partial charge in [0.05, 0.1) is 22.3 Å². The summed E-state index contributed by atoms with van der Waals surface area (Å²) in [7, 11) is 0. The van der Waals surface area contributed by atoms with Crippen LogP contribution in [0.25, 0.3) is 21.5 Å². The van der Waals surface area contributed by atoms with Gasteiger partial charge in [0.25, 0.3) is 0 Å². The number of halogens is 2. The summed E-state index contributed by atoms with van der Waals surface area (Å²) in [4.78, 5) is 0.817. The molecule has 6 heteroatoms. The standard InChI is InChI=1S/C10H4ClFN2S2/c11-5-4-6-10(14-16-13-6)8(9(5)12)7-2-1-3-15-7/h1-4H. The van der Waals surface area contributed by atoms with Gasteiger partial charge in [-0.1, -0.05) is 17.7 Å². The van der Waals surface area contributed by atoms with Crippen molar-refractivity contribution in [3.05, 3.63) is 34.4 Å².